The number of carbonyl (C=O) groups is 1. The fraction of sp³-hybridized carbons (Fsp3) is 0.364. The molecule has 1 amide bonds. The van der Waals surface area contributed by atoms with E-state index < -0.39 is 9.84 Å². The summed E-state index contributed by atoms with van der Waals surface area (Å²) >= 11 is 0. The third-order valence-corrected chi connectivity index (χ3v) is 6.73. The second kappa shape index (κ2) is 9.19. The maximum Gasteiger partial charge on any atom is 0.254 e. The van der Waals surface area contributed by atoms with Gasteiger partial charge in [-0.25, -0.2) is 12.8 Å². The maximum atomic E-state index is 13.2. The van der Waals surface area contributed by atoms with Crippen LogP contribution in [0.4, 0.5) is 4.39 Å². The van der Waals surface area contributed by atoms with Crippen molar-refractivity contribution in [3.05, 3.63) is 65.5 Å². The Labute approximate surface area is 170 Å². The highest BCUT2D eigenvalue weighted by Crippen LogP contribution is 2.31. The highest BCUT2D eigenvalue weighted by Gasteiger charge is 2.27. The Bertz CT molecular complexity index is 992. The fourth-order valence-electron chi connectivity index (χ4n) is 3.09. The Morgan fingerprint density at radius 1 is 1.10 bits per heavy atom. The number of benzene rings is 2. The number of sulfone groups is 1. The summed E-state index contributed by atoms with van der Waals surface area (Å²) in [4.78, 5) is 14.9. The van der Waals surface area contributed by atoms with Crippen molar-refractivity contribution in [2.45, 2.75) is 37.1 Å². The smallest absolute Gasteiger partial charge is 0.254 e. The summed E-state index contributed by atoms with van der Waals surface area (Å²) in [6, 6.07) is 14.0. The van der Waals surface area contributed by atoms with Gasteiger partial charge in [0, 0.05) is 25.1 Å². The van der Waals surface area contributed by atoms with E-state index in [2.05, 4.69) is 0 Å². The number of unbranched alkanes of at least 4 members (excludes halogenated alkanes) is 1. The number of hydrogen-bond acceptors (Lipinski definition) is 4. The predicted molar refractivity (Wildman–Crippen MR) is 107 cm³/mol. The number of halogens is 1. The van der Waals surface area contributed by atoms with Gasteiger partial charge in [-0.05, 0) is 67.1 Å². The quantitative estimate of drug-likeness (QED) is 0.582. The topological polar surface area (TPSA) is 78.2 Å². The Balaban J connectivity index is 1.73. The van der Waals surface area contributed by atoms with Crippen LogP contribution in [0.2, 0.25) is 0 Å². The van der Waals surface area contributed by atoms with Crippen molar-refractivity contribution in [3.63, 3.8) is 0 Å². The Morgan fingerprint density at radius 3 is 2.34 bits per heavy atom. The minimum absolute atomic E-state index is 0.0910. The Hall–Kier alpha value is -2.72. The monoisotopic (exact) mass is 414 g/mol. The van der Waals surface area contributed by atoms with Crippen LogP contribution >= 0.6 is 0 Å². The number of carbonyl (C=O) groups excluding carboxylic acids is 1. The predicted octanol–water partition coefficient (Wildman–Crippen LogP) is 3.96. The molecule has 0 aromatic heterocycles. The molecule has 2 aromatic carbocycles. The number of nitrogens with zero attached hydrogens (tertiary/aromatic N) is 2. The van der Waals surface area contributed by atoms with Crippen molar-refractivity contribution in [1.82, 2.24) is 4.90 Å². The average Bonchev–Trinajstić information content (AvgIpc) is 3.53. The molecule has 1 fully saturated rings. The molecule has 0 aliphatic heterocycles. The minimum Gasteiger partial charge on any atom is -0.334 e. The fourth-order valence-corrected chi connectivity index (χ4v) is 4.40. The zero-order valence-electron chi connectivity index (χ0n) is 16.1. The highest BCUT2D eigenvalue weighted by atomic mass is 32.2. The lowest BCUT2D eigenvalue weighted by Gasteiger charge is -2.23. The van der Waals surface area contributed by atoms with Gasteiger partial charge >= 0.3 is 0 Å². The molecule has 152 valence electrons. The summed E-state index contributed by atoms with van der Waals surface area (Å²) in [5.41, 5.74) is 1.26. The van der Waals surface area contributed by atoms with E-state index in [1.165, 1.54) is 36.4 Å². The first-order valence-electron chi connectivity index (χ1n) is 9.62. The van der Waals surface area contributed by atoms with Gasteiger partial charge < -0.3 is 4.90 Å². The molecule has 7 heteroatoms. The summed E-state index contributed by atoms with van der Waals surface area (Å²) in [6.07, 6.45) is 2.65. The van der Waals surface area contributed by atoms with E-state index in [4.69, 9.17) is 5.26 Å². The third kappa shape index (κ3) is 5.88. The van der Waals surface area contributed by atoms with E-state index in [1.54, 1.807) is 17.0 Å². The molecule has 0 saturated heterocycles. The minimum atomic E-state index is -3.47. The molecular weight excluding hydrogens is 391 g/mol. The second-order valence-electron chi connectivity index (χ2n) is 7.36. The van der Waals surface area contributed by atoms with E-state index in [1.807, 2.05) is 6.07 Å². The van der Waals surface area contributed by atoms with Gasteiger partial charge in [-0.3, -0.25) is 4.79 Å². The van der Waals surface area contributed by atoms with Gasteiger partial charge in [-0.2, -0.15) is 5.26 Å². The van der Waals surface area contributed by atoms with Crippen molar-refractivity contribution in [3.8, 4) is 6.07 Å². The molecule has 3 rings (SSSR count). The van der Waals surface area contributed by atoms with Crippen molar-refractivity contribution >= 4 is 15.7 Å². The number of amides is 1. The van der Waals surface area contributed by atoms with Gasteiger partial charge in [0.2, 0.25) is 0 Å². The maximum absolute atomic E-state index is 13.2. The van der Waals surface area contributed by atoms with Gasteiger partial charge in [0.05, 0.1) is 16.7 Å². The van der Waals surface area contributed by atoms with Crippen LogP contribution in [0.25, 0.3) is 0 Å². The molecule has 0 bridgehead atoms. The zero-order valence-corrected chi connectivity index (χ0v) is 16.9. The van der Waals surface area contributed by atoms with Crippen molar-refractivity contribution in [2.75, 3.05) is 12.3 Å². The first-order valence-corrected chi connectivity index (χ1v) is 11.3. The molecule has 0 radical (unpaired) electrons. The normalized spacial score (nSPS) is 13.7. The van der Waals surface area contributed by atoms with Gasteiger partial charge in [0.15, 0.2) is 9.84 Å². The van der Waals surface area contributed by atoms with Crippen LogP contribution in [0.15, 0.2) is 53.4 Å². The molecule has 1 aliphatic rings. The van der Waals surface area contributed by atoms with Gasteiger partial charge in [0.25, 0.3) is 5.91 Å². The molecule has 1 aliphatic carbocycles. The molecule has 2 aromatic rings. The molecule has 0 N–H and O–H groups in total. The van der Waals surface area contributed by atoms with Crippen LogP contribution in [0.3, 0.4) is 0 Å². The summed E-state index contributed by atoms with van der Waals surface area (Å²) < 4.78 is 37.8. The summed E-state index contributed by atoms with van der Waals surface area (Å²) in [5.74, 6) is -0.0964. The van der Waals surface area contributed by atoms with Gasteiger partial charge in [-0.1, -0.05) is 12.1 Å². The Kier molecular flexibility index (Phi) is 6.65. The second-order valence-corrected chi connectivity index (χ2v) is 9.47. The van der Waals surface area contributed by atoms with E-state index in [0.29, 0.717) is 24.6 Å². The van der Waals surface area contributed by atoms with Crippen LogP contribution in [0, 0.1) is 23.1 Å². The van der Waals surface area contributed by atoms with Crippen LogP contribution in [0.5, 0.6) is 0 Å². The van der Waals surface area contributed by atoms with E-state index in [0.717, 1.165) is 18.4 Å². The van der Waals surface area contributed by atoms with Gasteiger partial charge in [0.1, 0.15) is 5.82 Å². The largest absolute Gasteiger partial charge is 0.334 e. The van der Waals surface area contributed by atoms with Crippen LogP contribution in [-0.4, -0.2) is 31.5 Å². The van der Waals surface area contributed by atoms with E-state index in [9.17, 15) is 17.6 Å². The number of rotatable bonds is 9. The summed E-state index contributed by atoms with van der Waals surface area (Å²) in [5, 5.41) is 8.56. The summed E-state index contributed by atoms with van der Waals surface area (Å²) in [7, 11) is -3.47. The summed E-state index contributed by atoms with van der Waals surface area (Å²) in [6.45, 7) is 1.01. The van der Waals surface area contributed by atoms with Crippen molar-refractivity contribution in [1.29, 1.82) is 5.26 Å². The molecule has 0 spiro atoms. The molecule has 0 unspecified atom stereocenters. The van der Waals surface area contributed by atoms with Crippen LogP contribution in [-0.2, 0) is 16.4 Å². The molecule has 1 saturated carbocycles. The molecule has 0 heterocycles. The zero-order chi connectivity index (χ0) is 20.9. The Morgan fingerprint density at radius 2 is 1.76 bits per heavy atom. The highest BCUT2D eigenvalue weighted by molar-refractivity contribution is 7.91. The van der Waals surface area contributed by atoms with Crippen LogP contribution in [0.1, 0.15) is 41.6 Å². The van der Waals surface area contributed by atoms with E-state index >= 15 is 0 Å². The molecule has 29 heavy (non-hydrogen) atoms. The molecular formula is C22H23FN2O3S. The lowest BCUT2D eigenvalue weighted by atomic mass is 10.1. The standard InChI is InChI=1S/C22H23FN2O3S/c23-20-9-5-18(6-10-20)16-25(15-17-3-4-17)22(26)19-7-11-21(12-8-19)29(27,28)14-2-1-13-24/h5-12,17H,1-4,14-16H2. The average molecular weight is 415 g/mol. The van der Waals surface area contributed by atoms with Crippen molar-refractivity contribution < 1.29 is 17.6 Å². The SMILES string of the molecule is N#CCCCS(=O)(=O)c1ccc(C(=O)N(Cc2ccc(F)cc2)CC2CC2)cc1. The number of hydrogen-bond donors (Lipinski definition) is 0. The van der Waals surface area contributed by atoms with Gasteiger partial charge in [-0.15, -0.1) is 0 Å². The molecule has 0 atom stereocenters. The van der Waals surface area contributed by atoms with E-state index in [-0.39, 0.29) is 35.2 Å². The first-order chi connectivity index (χ1) is 13.9. The number of nitriles is 1. The third-order valence-electron chi connectivity index (χ3n) is 4.91. The van der Waals surface area contributed by atoms with Crippen LogP contribution < -0.4 is 0 Å². The first kappa shape index (κ1) is 21.0. The lowest BCUT2D eigenvalue weighted by molar-refractivity contribution is 0.0734. The molecule has 5 nitrogen and oxygen atoms in total. The lowest BCUT2D eigenvalue weighted by Crippen LogP contribution is -2.32. The van der Waals surface area contributed by atoms with Crippen molar-refractivity contribution in [2.24, 2.45) is 5.92 Å².